The lowest BCUT2D eigenvalue weighted by atomic mass is 10.1. The average Bonchev–Trinajstić information content (AvgIpc) is 3.16. The fraction of sp³-hybridized carbons (Fsp3) is 0.227. The number of ether oxygens (including phenoxy) is 1. The Balaban J connectivity index is 1.52. The third kappa shape index (κ3) is 4.61. The Labute approximate surface area is 176 Å². The van der Waals surface area contributed by atoms with Crippen molar-refractivity contribution < 1.29 is 13.5 Å². The van der Waals surface area contributed by atoms with E-state index in [-0.39, 0.29) is 22.9 Å². The standard InChI is InChI=1S/C22H21F2N5O2/c1-29-7-6-16(12-29)31-15-4-2-14(3-5-15)26-11-21(28-25)17-8-13-9-18(23)19(24)10-20(13)27-22(17)30/h2-5,8-11,16,25-26H,6-7,12H2,1H3,(H,27,30)/b21-11-,28-25?/t16-/m1/s1. The van der Waals surface area contributed by atoms with Crippen molar-refractivity contribution in [3.05, 3.63) is 76.2 Å². The summed E-state index contributed by atoms with van der Waals surface area (Å²) >= 11 is 0. The van der Waals surface area contributed by atoms with Gasteiger partial charge in [-0.1, -0.05) is 0 Å². The van der Waals surface area contributed by atoms with Gasteiger partial charge >= 0.3 is 0 Å². The molecule has 0 radical (unpaired) electrons. The lowest BCUT2D eigenvalue weighted by molar-refractivity contribution is 0.208. The van der Waals surface area contributed by atoms with E-state index in [4.69, 9.17) is 10.3 Å². The van der Waals surface area contributed by atoms with Crippen molar-refractivity contribution in [1.82, 2.24) is 9.88 Å². The molecule has 9 heteroatoms. The van der Waals surface area contributed by atoms with Crippen LogP contribution >= 0.6 is 0 Å². The van der Waals surface area contributed by atoms with Crippen LogP contribution in [0.2, 0.25) is 0 Å². The molecule has 1 fully saturated rings. The highest BCUT2D eigenvalue weighted by Gasteiger charge is 2.20. The number of nitrogens with one attached hydrogen (secondary N) is 3. The molecular weight excluding hydrogens is 404 g/mol. The predicted molar refractivity (Wildman–Crippen MR) is 114 cm³/mol. The Kier molecular flexibility index (Phi) is 5.77. The number of benzene rings is 2. The topological polar surface area (TPSA) is 93.6 Å². The van der Waals surface area contributed by atoms with Gasteiger partial charge in [0.05, 0.1) is 11.1 Å². The van der Waals surface area contributed by atoms with E-state index in [1.807, 2.05) is 24.3 Å². The van der Waals surface area contributed by atoms with Crippen LogP contribution in [0.3, 0.4) is 0 Å². The molecule has 0 unspecified atom stereocenters. The minimum Gasteiger partial charge on any atom is -0.489 e. The van der Waals surface area contributed by atoms with E-state index in [1.54, 1.807) is 0 Å². The first-order valence-electron chi connectivity index (χ1n) is 9.75. The van der Waals surface area contributed by atoms with Crippen molar-refractivity contribution in [2.75, 3.05) is 25.5 Å². The fourth-order valence-electron chi connectivity index (χ4n) is 3.53. The monoisotopic (exact) mass is 425 g/mol. The maximum Gasteiger partial charge on any atom is 0.258 e. The molecule has 0 amide bonds. The smallest absolute Gasteiger partial charge is 0.258 e. The zero-order valence-electron chi connectivity index (χ0n) is 16.8. The van der Waals surface area contributed by atoms with E-state index in [9.17, 15) is 13.6 Å². The van der Waals surface area contributed by atoms with E-state index in [0.29, 0.717) is 11.1 Å². The van der Waals surface area contributed by atoms with Gasteiger partial charge < -0.3 is 19.9 Å². The summed E-state index contributed by atoms with van der Waals surface area (Å²) in [6, 6.07) is 10.6. The van der Waals surface area contributed by atoms with E-state index in [0.717, 1.165) is 37.4 Å². The van der Waals surface area contributed by atoms with Crippen molar-refractivity contribution in [2.24, 2.45) is 5.11 Å². The van der Waals surface area contributed by atoms with Crippen LogP contribution in [0.5, 0.6) is 5.75 Å². The van der Waals surface area contributed by atoms with Crippen molar-refractivity contribution in [3.63, 3.8) is 0 Å². The molecule has 1 atom stereocenters. The van der Waals surface area contributed by atoms with Gasteiger partial charge in [-0.2, -0.15) is 5.11 Å². The molecule has 3 N–H and O–H groups in total. The Morgan fingerprint density at radius 2 is 2.00 bits per heavy atom. The van der Waals surface area contributed by atoms with Crippen molar-refractivity contribution >= 4 is 22.3 Å². The first-order valence-corrected chi connectivity index (χ1v) is 9.75. The summed E-state index contributed by atoms with van der Waals surface area (Å²) in [5.41, 5.74) is 7.84. The predicted octanol–water partition coefficient (Wildman–Crippen LogP) is 4.33. The SMILES string of the molecule is CN1CC[C@@H](Oc2ccc(N/C=C(\N=N)c3cc4cc(F)c(F)cc4[nH]c3=O)cc2)C1. The number of fused-ring (bicyclic) bond motifs is 1. The third-order valence-electron chi connectivity index (χ3n) is 5.16. The van der Waals surface area contributed by atoms with Gasteiger partial charge in [0.15, 0.2) is 11.6 Å². The zero-order chi connectivity index (χ0) is 22.0. The molecule has 1 aliphatic rings. The second-order valence-corrected chi connectivity index (χ2v) is 7.47. The molecule has 31 heavy (non-hydrogen) atoms. The molecular formula is C22H21F2N5O2. The van der Waals surface area contributed by atoms with Gasteiger partial charge in [-0.15, -0.1) is 0 Å². The molecule has 2 aromatic carbocycles. The molecule has 3 aromatic rings. The molecule has 0 saturated carbocycles. The lowest BCUT2D eigenvalue weighted by Gasteiger charge is -2.14. The molecule has 4 rings (SSSR count). The summed E-state index contributed by atoms with van der Waals surface area (Å²) in [6.07, 6.45) is 2.57. The quantitative estimate of drug-likeness (QED) is 0.513. The number of hydrogen-bond acceptors (Lipinski definition) is 6. The summed E-state index contributed by atoms with van der Waals surface area (Å²) in [7, 11) is 2.06. The van der Waals surface area contributed by atoms with Crippen molar-refractivity contribution in [1.29, 1.82) is 5.53 Å². The molecule has 1 saturated heterocycles. The molecule has 0 spiro atoms. The first-order chi connectivity index (χ1) is 14.9. The fourth-order valence-corrected chi connectivity index (χ4v) is 3.53. The summed E-state index contributed by atoms with van der Waals surface area (Å²) in [4.78, 5) is 17.1. The minimum absolute atomic E-state index is 0.0437. The minimum atomic E-state index is -1.05. The highest BCUT2D eigenvalue weighted by molar-refractivity contribution is 5.82. The van der Waals surface area contributed by atoms with Crippen LogP contribution < -0.4 is 15.6 Å². The first kappa shape index (κ1) is 20.7. The van der Waals surface area contributed by atoms with E-state index < -0.39 is 17.2 Å². The van der Waals surface area contributed by atoms with Crippen LogP contribution in [0.15, 0.2) is 58.6 Å². The number of H-pyrrole nitrogens is 1. The van der Waals surface area contributed by atoms with Gasteiger partial charge in [-0.25, -0.2) is 14.3 Å². The molecule has 7 nitrogen and oxygen atoms in total. The summed E-state index contributed by atoms with van der Waals surface area (Å²) in [5, 5.41) is 6.69. The number of aromatic nitrogens is 1. The Hall–Kier alpha value is -3.59. The summed E-state index contributed by atoms with van der Waals surface area (Å²) in [6.45, 7) is 1.91. The van der Waals surface area contributed by atoms with E-state index >= 15 is 0 Å². The van der Waals surface area contributed by atoms with Crippen molar-refractivity contribution in [2.45, 2.75) is 12.5 Å². The number of hydrogen-bond donors (Lipinski definition) is 3. The van der Waals surface area contributed by atoms with Gasteiger partial charge in [0.2, 0.25) is 0 Å². The van der Waals surface area contributed by atoms with Crippen molar-refractivity contribution in [3.8, 4) is 5.75 Å². The Morgan fingerprint density at radius 1 is 1.26 bits per heavy atom. The maximum absolute atomic E-state index is 13.5. The zero-order valence-corrected chi connectivity index (χ0v) is 16.8. The van der Waals surface area contributed by atoms with E-state index in [1.165, 1.54) is 12.3 Å². The molecule has 1 aliphatic heterocycles. The van der Waals surface area contributed by atoms with Gasteiger partial charge in [0.1, 0.15) is 17.6 Å². The Bertz CT molecular complexity index is 1210. The van der Waals surface area contributed by atoms with Crippen LogP contribution in [0.1, 0.15) is 12.0 Å². The molecule has 160 valence electrons. The number of likely N-dealkylation sites (tertiary alicyclic amines) is 1. The van der Waals surface area contributed by atoms with Crippen LogP contribution in [0, 0.1) is 17.2 Å². The second kappa shape index (κ2) is 8.65. The number of halogens is 2. The number of nitrogens with zero attached hydrogens (tertiary/aromatic N) is 2. The molecule has 1 aromatic heterocycles. The van der Waals surface area contributed by atoms with Gasteiger partial charge in [-0.05, 0) is 49.9 Å². The van der Waals surface area contributed by atoms with Crippen LogP contribution in [-0.2, 0) is 0 Å². The number of pyridine rings is 1. The number of anilines is 1. The lowest BCUT2D eigenvalue weighted by Crippen LogP contribution is -2.21. The normalized spacial score (nSPS) is 17.1. The molecule has 0 bridgehead atoms. The summed E-state index contributed by atoms with van der Waals surface area (Å²) < 4.78 is 32.9. The molecule has 2 heterocycles. The Morgan fingerprint density at radius 3 is 2.68 bits per heavy atom. The summed E-state index contributed by atoms with van der Waals surface area (Å²) in [5.74, 6) is -1.31. The van der Waals surface area contributed by atoms with Crippen LogP contribution in [0.4, 0.5) is 14.5 Å². The third-order valence-corrected chi connectivity index (χ3v) is 5.16. The number of aromatic amines is 1. The van der Waals surface area contributed by atoms with E-state index in [2.05, 4.69) is 27.4 Å². The average molecular weight is 425 g/mol. The van der Waals surface area contributed by atoms with Crippen LogP contribution in [0.25, 0.3) is 16.6 Å². The van der Waals surface area contributed by atoms with Gasteiger partial charge in [-0.3, -0.25) is 4.79 Å². The van der Waals surface area contributed by atoms with Gasteiger partial charge in [0.25, 0.3) is 5.56 Å². The number of rotatable bonds is 6. The van der Waals surface area contributed by atoms with Crippen LogP contribution in [-0.4, -0.2) is 36.1 Å². The maximum atomic E-state index is 13.5. The second-order valence-electron chi connectivity index (χ2n) is 7.47. The largest absolute Gasteiger partial charge is 0.489 e. The molecule has 0 aliphatic carbocycles. The number of likely N-dealkylation sites (N-methyl/N-ethyl adjacent to an activating group) is 1. The van der Waals surface area contributed by atoms with Gasteiger partial charge in [0, 0.05) is 36.4 Å². The highest BCUT2D eigenvalue weighted by Crippen LogP contribution is 2.22. The highest BCUT2D eigenvalue weighted by atomic mass is 19.2.